The van der Waals surface area contributed by atoms with Crippen molar-refractivity contribution in [3.63, 3.8) is 0 Å². The zero-order valence-electron chi connectivity index (χ0n) is 12.0. The Hall–Kier alpha value is -2.62. The Bertz CT molecular complexity index is 790. The van der Waals surface area contributed by atoms with Gasteiger partial charge >= 0.3 is 0 Å². The molecule has 21 heavy (non-hydrogen) atoms. The van der Waals surface area contributed by atoms with Crippen molar-refractivity contribution in [1.82, 2.24) is 4.57 Å². The van der Waals surface area contributed by atoms with Crippen molar-refractivity contribution in [2.75, 3.05) is 0 Å². The van der Waals surface area contributed by atoms with Gasteiger partial charge in [-0.25, -0.2) is 9.13 Å². The third kappa shape index (κ3) is 2.52. The molecule has 0 radical (unpaired) electrons. The van der Waals surface area contributed by atoms with Crippen LogP contribution in [0.25, 0.3) is 11.0 Å². The minimum absolute atomic E-state index is 0.198. The minimum Gasteiger partial charge on any atom is -0.366 e. The highest BCUT2D eigenvalue weighted by Gasteiger charge is 2.23. The van der Waals surface area contributed by atoms with Gasteiger partial charge in [-0.3, -0.25) is 4.79 Å². The Morgan fingerprint density at radius 1 is 1.10 bits per heavy atom. The van der Waals surface area contributed by atoms with E-state index in [2.05, 4.69) is 22.8 Å². The fourth-order valence-corrected chi connectivity index (χ4v) is 2.76. The first-order valence-electron chi connectivity index (χ1n) is 6.95. The van der Waals surface area contributed by atoms with Gasteiger partial charge < -0.3 is 5.73 Å². The summed E-state index contributed by atoms with van der Waals surface area (Å²) in [7, 11) is 2.03. The van der Waals surface area contributed by atoms with Crippen LogP contribution in [0.15, 0.2) is 54.6 Å². The first-order valence-corrected chi connectivity index (χ1v) is 6.95. The van der Waals surface area contributed by atoms with Gasteiger partial charge in [-0.15, -0.1) is 0 Å². The molecular weight excluding hydrogens is 262 g/mol. The zero-order valence-corrected chi connectivity index (χ0v) is 12.0. The van der Waals surface area contributed by atoms with Crippen LogP contribution in [0.3, 0.4) is 0 Å². The van der Waals surface area contributed by atoms with Gasteiger partial charge in [0.05, 0.1) is 13.5 Å². The number of primary amides is 1. The summed E-state index contributed by atoms with van der Waals surface area (Å²) in [5.41, 5.74) is 8.76. The number of para-hydroxylation sites is 2. The van der Waals surface area contributed by atoms with E-state index in [9.17, 15) is 4.79 Å². The molecule has 4 nitrogen and oxygen atoms in total. The summed E-state index contributed by atoms with van der Waals surface area (Å²) in [4.78, 5) is 11.4. The smallest absolute Gasteiger partial charge is 0.262 e. The number of benzene rings is 2. The number of carbonyl (C=O) groups excluding carboxylic acids is 1. The van der Waals surface area contributed by atoms with E-state index < -0.39 is 0 Å². The fourth-order valence-electron chi connectivity index (χ4n) is 2.76. The van der Waals surface area contributed by atoms with Crippen molar-refractivity contribution in [2.45, 2.75) is 13.0 Å². The molecule has 0 aliphatic heterocycles. The molecule has 2 aromatic carbocycles. The maximum absolute atomic E-state index is 11.4. The van der Waals surface area contributed by atoms with Crippen LogP contribution < -0.4 is 10.3 Å². The molecule has 0 bridgehead atoms. The number of hydrogen-bond donors (Lipinski definition) is 1. The molecule has 0 unspecified atom stereocenters. The van der Waals surface area contributed by atoms with Crippen LogP contribution in [-0.2, 0) is 24.8 Å². The lowest BCUT2D eigenvalue weighted by atomic mass is 10.1. The van der Waals surface area contributed by atoms with Gasteiger partial charge in [0, 0.05) is 0 Å². The van der Waals surface area contributed by atoms with E-state index in [4.69, 9.17) is 5.73 Å². The van der Waals surface area contributed by atoms with Gasteiger partial charge in [-0.2, -0.15) is 0 Å². The van der Waals surface area contributed by atoms with E-state index in [0.717, 1.165) is 23.3 Å². The first-order chi connectivity index (χ1) is 10.2. The zero-order chi connectivity index (χ0) is 14.8. The van der Waals surface area contributed by atoms with Gasteiger partial charge in [0.25, 0.3) is 11.7 Å². The maximum Gasteiger partial charge on any atom is 0.262 e. The number of nitrogens with zero attached hydrogens (tertiary/aromatic N) is 2. The number of rotatable bonds is 4. The normalized spacial score (nSPS) is 10.9. The van der Waals surface area contributed by atoms with Crippen LogP contribution in [0.5, 0.6) is 0 Å². The first kappa shape index (κ1) is 13.4. The van der Waals surface area contributed by atoms with Crippen molar-refractivity contribution in [1.29, 1.82) is 0 Å². The largest absolute Gasteiger partial charge is 0.366 e. The van der Waals surface area contributed by atoms with Crippen LogP contribution in [0.4, 0.5) is 0 Å². The molecule has 0 aliphatic carbocycles. The summed E-state index contributed by atoms with van der Waals surface area (Å²) in [6.45, 7) is 0.198. The van der Waals surface area contributed by atoms with Crippen LogP contribution >= 0.6 is 0 Å². The van der Waals surface area contributed by atoms with E-state index >= 15 is 0 Å². The molecule has 2 N–H and O–H groups in total. The molecular formula is C17H18N3O+. The number of carbonyl (C=O) groups is 1. The highest BCUT2D eigenvalue weighted by atomic mass is 16.1. The van der Waals surface area contributed by atoms with Crippen molar-refractivity contribution in [2.24, 2.45) is 12.8 Å². The van der Waals surface area contributed by atoms with Gasteiger partial charge in [0.1, 0.15) is 0 Å². The molecule has 1 amide bonds. The molecule has 0 spiro atoms. The number of nitrogens with two attached hydrogens (primary N) is 1. The van der Waals surface area contributed by atoms with Crippen molar-refractivity contribution in [3.05, 3.63) is 66.0 Å². The van der Waals surface area contributed by atoms with Crippen molar-refractivity contribution < 1.29 is 9.36 Å². The van der Waals surface area contributed by atoms with E-state index in [-0.39, 0.29) is 12.5 Å². The summed E-state index contributed by atoms with van der Waals surface area (Å²) >= 11 is 0. The molecule has 0 fully saturated rings. The molecule has 1 heterocycles. The molecule has 106 valence electrons. The topological polar surface area (TPSA) is 51.9 Å². The molecule has 4 heteroatoms. The second-order valence-corrected chi connectivity index (χ2v) is 5.18. The Labute approximate surface area is 123 Å². The van der Waals surface area contributed by atoms with E-state index in [1.807, 2.05) is 48.0 Å². The SMILES string of the molecule is C[n+]1c(Cc2ccccc2)n(CC(N)=O)c2ccccc21. The predicted octanol–water partition coefficient (Wildman–Crippen LogP) is 1.54. The fraction of sp³-hybridized carbons (Fsp3) is 0.176. The molecule has 0 aliphatic rings. The second-order valence-electron chi connectivity index (χ2n) is 5.18. The van der Waals surface area contributed by atoms with Crippen molar-refractivity contribution in [3.8, 4) is 0 Å². The van der Waals surface area contributed by atoms with Gasteiger partial charge in [0.2, 0.25) is 0 Å². The summed E-state index contributed by atoms with van der Waals surface area (Å²) in [6.07, 6.45) is 0.763. The average molecular weight is 280 g/mol. The third-order valence-electron chi connectivity index (χ3n) is 3.75. The summed E-state index contributed by atoms with van der Waals surface area (Å²) < 4.78 is 4.13. The third-order valence-corrected chi connectivity index (χ3v) is 3.75. The molecule has 0 atom stereocenters. The minimum atomic E-state index is -0.328. The molecule has 0 saturated heterocycles. The number of aryl methyl sites for hydroxylation is 1. The van der Waals surface area contributed by atoms with Gasteiger partial charge in [0.15, 0.2) is 17.6 Å². The van der Waals surface area contributed by atoms with Crippen LogP contribution in [0.1, 0.15) is 11.4 Å². The van der Waals surface area contributed by atoms with Crippen LogP contribution in [0, 0.1) is 0 Å². The number of aromatic nitrogens is 2. The lowest BCUT2D eigenvalue weighted by molar-refractivity contribution is -0.653. The Balaban J connectivity index is 2.15. The monoisotopic (exact) mass is 280 g/mol. The highest BCUT2D eigenvalue weighted by molar-refractivity contribution is 5.78. The lowest BCUT2D eigenvalue weighted by Gasteiger charge is -2.02. The van der Waals surface area contributed by atoms with E-state index in [1.54, 1.807) is 0 Å². The number of amides is 1. The molecule has 0 saturated carbocycles. The quantitative estimate of drug-likeness (QED) is 0.724. The molecule has 3 aromatic rings. The lowest BCUT2D eigenvalue weighted by Crippen LogP contribution is -2.34. The standard InChI is InChI=1S/C17H17N3O/c1-19-14-9-5-6-10-15(14)20(12-16(18)21)17(19)11-13-7-3-2-4-8-13/h2-10H,11-12H2,1H3,(H-,18,21)/p+1. The Morgan fingerprint density at radius 2 is 1.76 bits per heavy atom. The molecule has 3 rings (SSSR count). The highest BCUT2D eigenvalue weighted by Crippen LogP contribution is 2.16. The number of hydrogen-bond acceptors (Lipinski definition) is 1. The Kier molecular flexibility index (Phi) is 3.44. The number of imidazole rings is 1. The summed E-state index contributed by atoms with van der Waals surface area (Å²) in [6, 6.07) is 18.3. The van der Waals surface area contributed by atoms with E-state index in [1.165, 1.54) is 5.56 Å². The van der Waals surface area contributed by atoms with Crippen LogP contribution in [-0.4, -0.2) is 10.5 Å². The summed E-state index contributed by atoms with van der Waals surface area (Å²) in [5.74, 6) is 0.742. The predicted molar refractivity (Wildman–Crippen MR) is 81.6 cm³/mol. The van der Waals surface area contributed by atoms with Gasteiger partial charge in [-0.1, -0.05) is 42.5 Å². The summed E-state index contributed by atoms with van der Waals surface area (Å²) in [5, 5.41) is 0. The number of fused-ring (bicyclic) bond motifs is 1. The second kappa shape index (κ2) is 5.40. The molecule has 1 aromatic heterocycles. The average Bonchev–Trinajstić information content (AvgIpc) is 2.74. The van der Waals surface area contributed by atoms with E-state index in [0.29, 0.717) is 0 Å². The Morgan fingerprint density at radius 3 is 2.48 bits per heavy atom. The maximum atomic E-state index is 11.4. The van der Waals surface area contributed by atoms with Gasteiger partial charge in [-0.05, 0) is 17.7 Å². The van der Waals surface area contributed by atoms with Crippen molar-refractivity contribution >= 4 is 16.9 Å². The van der Waals surface area contributed by atoms with Crippen LogP contribution in [0.2, 0.25) is 0 Å².